The number of rotatable bonds is 36. The Morgan fingerprint density at radius 1 is 0.514 bits per heavy atom. The molecule has 7 unspecified atom stereocenters. The van der Waals surface area contributed by atoms with Crippen LogP contribution in [0.25, 0.3) is 0 Å². The number of unbranched alkanes of at least 4 members (excludes halogenated alkanes) is 2. The molecule has 109 heavy (non-hydrogen) atoms. The molecule has 0 heterocycles. The van der Waals surface area contributed by atoms with E-state index in [4.69, 9.17) is 24.2 Å². The summed E-state index contributed by atoms with van der Waals surface area (Å²) in [6, 6.07) is 0. The number of aldehydes is 1. The van der Waals surface area contributed by atoms with Crippen molar-refractivity contribution in [3.63, 3.8) is 0 Å². The zero-order valence-electron chi connectivity index (χ0n) is 70.9. The van der Waals surface area contributed by atoms with Crippen LogP contribution < -0.4 is 0 Å². The van der Waals surface area contributed by atoms with Gasteiger partial charge in [-0.25, -0.2) is 0 Å². The van der Waals surface area contributed by atoms with Gasteiger partial charge in [0.25, 0.3) is 0 Å². The Morgan fingerprint density at radius 3 is 1.32 bits per heavy atom. The van der Waals surface area contributed by atoms with Crippen LogP contribution in [0.4, 0.5) is 0 Å². The van der Waals surface area contributed by atoms with Crippen molar-refractivity contribution >= 4 is 43.9 Å². The Labute approximate surface area is 664 Å². The topological polar surface area (TPSA) is 250 Å². The number of ketones is 4. The van der Waals surface area contributed by atoms with E-state index in [1.165, 1.54) is 23.1 Å². The second-order valence-electron chi connectivity index (χ2n) is 30.2. The molecule has 6 N–H and O–H groups in total. The van der Waals surface area contributed by atoms with Crippen LogP contribution in [0, 0.1) is 17.8 Å². The van der Waals surface area contributed by atoms with Gasteiger partial charge in [0.15, 0.2) is 31.5 Å². The molecule has 7 rings (SSSR count). The third-order valence-electron chi connectivity index (χ3n) is 19.5. The SMILES string of the molecule is CC.CC(C)(C)[Si](C)(C)OCCC1(O)C=CCC1.CC/C=C\C/C=C/C(O)C1CC(CCC)=CC1=O.CC/C=C\C/C=C/CC1CC(CCC)=CC1=O.CC/C=C\C/C=C/CC1CC(CCO)=CC1=O.CC/C=C\CCCC=O.CCCC1(O)C=CCC1.CCCC1=CC(=O)CC1.O=C=O.OCCC1(O)C=CCC1. The van der Waals surface area contributed by atoms with Gasteiger partial charge >= 0.3 is 6.15 Å². The van der Waals surface area contributed by atoms with Crippen molar-refractivity contribution in [1.82, 2.24) is 0 Å². The van der Waals surface area contributed by atoms with Crippen molar-refractivity contribution in [1.29, 1.82) is 0 Å². The van der Waals surface area contributed by atoms with Gasteiger partial charge in [0.1, 0.15) is 6.29 Å². The number of carbonyl (C=O) groups excluding carboxylic acids is 7. The third kappa shape index (κ3) is 55.2. The van der Waals surface area contributed by atoms with Gasteiger partial charge in [-0.15, -0.1) is 0 Å². The lowest BCUT2D eigenvalue weighted by atomic mass is 9.96. The summed E-state index contributed by atoms with van der Waals surface area (Å²) in [5, 5.41) is 56.8. The van der Waals surface area contributed by atoms with Gasteiger partial charge in [0.05, 0.1) is 28.8 Å². The number of aliphatic hydroxyl groups is 6. The average Bonchev–Trinajstić information content (AvgIpc) is 1.45. The van der Waals surface area contributed by atoms with Crippen LogP contribution in [-0.2, 0) is 38.0 Å². The molecule has 0 aliphatic heterocycles. The second-order valence-corrected chi connectivity index (χ2v) is 35.0. The highest BCUT2D eigenvalue weighted by Crippen LogP contribution is 2.38. The van der Waals surface area contributed by atoms with Crippen LogP contribution in [0.2, 0.25) is 18.1 Å². The van der Waals surface area contributed by atoms with Gasteiger partial charge in [-0.1, -0.05) is 260 Å². The summed E-state index contributed by atoms with van der Waals surface area (Å²) >= 11 is 0. The van der Waals surface area contributed by atoms with Crippen molar-refractivity contribution in [2.75, 3.05) is 19.8 Å². The fourth-order valence-electron chi connectivity index (χ4n) is 12.3. The molecule has 0 bridgehead atoms. The Bertz CT molecular complexity index is 2830. The van der Waals surface area contributed by atoms with Crippen molar-refractivity contribution in [2.24, 2.45) is 17.8 Å². The highest BCUT2D eigenvalue weighted by atomic mass is 28.4. The molecular formula is C94H154O14Si. The smallest absolute Gasteiger partial charge is 0.373 e. The molecule has 7 aliphatic rings. The van der Waals surface area contributed by atoms with Crippen molar-refractivity contribution in [3.05, 3.63) is 168 Å². The summed E-state index contributed by atoms with van der Waals surface area (Å²) in [6.45, 7) is 33.1. The predicted octanol–water partition coefficient (Wildman–Crippen LogP) is 22.0. The van der Waals surface area contributed by atoms with Gasteiger partial charge in [0, 0.05) is 57.3 Å². The molecule has 14 nitrogen and oxygen atoms in total. The molecule has 0 aromatic carbocycles. The largest absolute Gasteiger partial charge is 0.417 e. The summed E-state index contributed by atoms with van der Waals surface area (Å²) < 4.78 is 6.07. The molecular weight excluding hydrogens is 1380 g/mol. The lowest BCUT2D eigenvalue weighted by Crippen LogP contribution is -2.42. The fraction of sp³-hybridized carbons (Fsp3) is 0.638. The van der Waals surface area contributed by atoms with Crippen LogP contribution in [0.5, 0.6) is 0 Å². The third-order valence-corrected chi connectivity index (χ3v) is 24.0. The minimum absolute atomic E-state index is 0.0703. The number of aliphatic hydroxyl groups excluding tert-OH is 3. The van der Waals surface area contributed by atoms with E-state index in [1.54, 1.807) is 24.3 Å². The molecule has 0 fully saturated rings. The first-order chi connectivity index (χ1) is 52.1. The van der Waals surface area contributed by atoms with Gasteiger partial charge in [0.2, 0.25) is 0 Å². The van der Waals surface area contributed by atoms with Gasteiger partial charge in [-0.05, 0) is 209 Å². The molecule has 7 aliphatic carbocycles. The van der Waals surface area contributed by atoms with Crippen LogP contribution in [0.3, 0.4) is 0 Å². The van der Waals surface area contributed by atoms with Gasteiger partial charge < -0.3 is 39.9 Å². The van der Waals surface area contributed by atoms with E-state index in [1.807, 2.05) is 50.3 Å². The van der Waals surface area contributed by atoms with Crippen molar-refractivity contribution < 1.29 is 68.6 Å². The van der Waals surface area contributed by atoms with E-state index in [2.05, 4.69) is 174 Å². The molecule has 7 atom stereocenters. The molecule has 0 aromatic rings. The Balaban J connectivity index is -0.00000118. The Kier molecular flexibility index (Phi) is 66.6. The molecule has 0 amide bonds. The summed E-state index contributed by atoms with van der Waals surface area (Å²) in [5.74, 6) is 1.05. The van der Waals surface area contributed by atoms with E-state index in [-0.39, 0.29) is 53.7 Å². The van der Waals surface area contributed by atoms with E-state index in [0.29, 0.717) is 37.4 Å². The van der Waals surface area contributed by atoms with Crippen LogP contribution in [0.1, 0.15) is 308 Å². The fourth-order valence-corrected chi connectivity index (χ4v) is 13.4. The summed E-state index contributed by atoms with van der Waals surface area (Å²) in [7, 11) is -1.64. The first-order valence-corrected chi connectivity index (χ1v) is 44.7. The average molecular weight is 1540 g/mol. The maximum absolute atomic E-state index is 11.8. The van der Waals surface area contributed by atoms with Crippen LogP contribution >= 0.6 is 0 Å². The molecule has 0 aromatic heterocycles. The Morgan fingerprint density at radius 2 is 0.927 bits per heavy atom. The van der Waals surface area contributed by atoms with Crippen LogP contribution in [0.15, 0.2) is 168 Å². The van der Waals surface area contributed by atoms with Crippen molar-refractivity contribution in [2.45, 2.75) is 349 Å². The maximum atomic E-state index is 11.8. The predicted molar refractivity (Wildman–Crippen MR) is 457 cm³/mol. The highest BCUT2D eigenvalue weighted by molar-refractivity contribution is 6.74. The molecule has 0 saturated carbocycles. The minimum atomic E-state index is -1.64. The maximum Gasteiger partial charge on any atom is 0.373 e. The normalized spacial score (nSPS) is 22.0. The Hall–Kier alpha value is -5.97. The van der Waals surface area contributed by atoms with E-state index >= 15 is 0 Å². The zero-order chi connectivity index (χ0) is 82.7. The minimum Gasteiger partial charge on any atom is -0.417 e. The monoisotopic (exact) mass is 1540 g/mol. The molecule has 0 radical (unpaired) electrons. The summed E-state index contributed by atoms with van der Waals surface area (Å²) in [4.78, 5) is 71.8. The number of hydrogen-bond donors (Lipinski definition) is 6. The van der Waals surface area contributed by atoms with Crippen molar-refractivity contribution in [3.8, 4) is 0 Å². The first-order valence-electron chi connectivity index (χ1n) is 41.7. The molecule has 15 heteroatoms. The first kappa shape index (κ1) is 107. The summed E-state index contributed by atoms with van der Waals surface area (Å²) in [6.07, 6.45) is 80.5. The van der Waals surface area contributed by atoms with Crippen LogP contribution in [-0.4, -0.2) is 117 Å². The van der Waals surface area contributed by atoms with Gasteiger partial charge in [-0.2, -0.15) is 9.59 Å². The lowest BCUT2D eigenvalue weighted by Gasteiger charge is -2.37. The number of carbonyl (C=O) groups is 5. The lowest BCUT2D eigenvalue weighted by molar-refractivity contribution is -0.191. The molecule has 0 saturated heterocycles. The standard InChI is InChI=1S/C16H24O2.C16H24O.C15H22O2.C13H26O2Si.C8H14O.C8H12O.C8H14O.C7H12O2.C2H6.CO2/c1-3-5-6-7-8-10-15(17)14-11-13(9-4-2)12-16(14)18;1-3-5-6-7-8-9-11-15-12-14(10-4-2)13-16(15)17;1-2-3-4-5-6-7-8-14-11-13(9-10-16)12-15(14)17;1-12(2,3)16(4,5)15-11-10-13(14)8-6-7-9-13;1-2-5-8(9)6-3-4-7-8;1-2-3-7-4-5-8(9)6-7;1-2-3-4-5-6-7-8-9;8-6-5-7(9)3-1-2-4-7;1-2;2-1-3/h5-6,8,10,12,14-15,17H,3-4,7,9,11H2,1-2H3;5-6,8-9,13,15H,3-4,7,10-12H2,1-2H3;3-4,6-7,12,14,16H,2,5,8-11H2,1H3;6,8,14H,7,9-11H2,1-5H3;3,6,9H,2,4-5,7H2,1H3;6H,2-5H2,1H3;3-4,8H,2,5-7H2,1H3;1,3,8-9H,2,4-6H2;1-2H3;/b6-5-,10-8+;6-5-,9-8+;4-3-,7-6+;;;;4-3-;;;. The zero-order valence-corrected chi connectivity index (χ0v) is 71.9. The number of allylic oxidation sites excluding steroid dienone is 23. The second kappa shape index (κ2) is 67.7. The van der Waals surface area contributed by atoms with E-state index in [9.17, 15) is 44.4 Å². The van der Waals surface area contributed by atoms with E-state index in [0.717, 1.165) is 204 Å². The van der Waals surface area contributed by atoms with E-state index < -0.39 is 31.2 Å². The quantitative estimate of drug-likeness (QED) is 0.0148. The number of hydrogen-bond acceptors (Lipinski definition) is 14. The molecule has 618 valence electrons. The highest BCUT2D eigenvalue weighted by Gasteiger charge is 2.38. The van der Waals surface area contributed by atoms with Gasteiger partial charge in [-0.3, -0.25) is 19.2 Å². The summed E-state index contributed by atoms with van der Waals surface area (Å²) in [5.41, 5.74) is 3.27. The molecule has 0 spiro atoms.